The van der Waals surface area contributed by atoms with E-state index < -0.39 is 0 Å². The van der Waals surface area contributed by atoms with E-state index in [1.165, 1.54) is 6.33 Å². The summed E-state index contributed by atoms with van der Waals surface area (Å²) in [5.41, 5.74) is 3.87. The minimum absolute atomic E-state index is 0.158. The molecular formula is C17H12N4O. The number of nitrogens with zero attached hydrogens (tertiary/aromatic N) is 3. The molecule has 0 fully saturated rings. The number of aromatic nitrogens is 4. The summed E-state index contributed by atoms with van der Waals surface area (Å²) in [5.74, 6) is 0. The van der Waals surface area contributed by atoms with Gasteiger partial charge in [0.15, 0.2) is 0 Å². The lowest BCUT2D eigenvalue weighted by molar-refractivity contribution is 1.08. The SMILES string of the molecule is O=c1[nH]cnc2c(-c3ccncc3)cn(-c3ccccc3)c12. The Balaban J connectivity index is 2.09. The molecule has 22 heavy (non-hydrogen) atoms. The molecule has 0 saturated heterocycles. The van der Waals surface area contributed by atoms with Gasteiger partial charge in [0.2, 0.25) is 0 Å². The number of fused-ring (bicyclic) bond motifs is 1. The lowest BCUT2D eigenvalue weighted by Crippen LogP contribution is -2.09. The van der Waals surface area contributed by atoms with E-state index in [4.69, 9.17) is 0 Å². The van der Waals surface area contributed by atoms with Crippen molar-refractivity contribution in [3.05, 3.63) is 77.7 Å². The van der Waals surface area contributed by atoms with Crippen LogP contribution in [0, 0.1) is 0 Å². The molecule has 3 heterocycles. The Morgan fingerprint density at radius 3 is 2.55 bits per heavy atom. The standard InChI is InChI=1S/C17H12N4O/c22-17-16-15(19-11-20-17)14(12-6-8-18-9-7-12)10-21(16)13-4-2-1-3-5-13/h1-11H,(H,19,20,22). The van der Waals surface area contributed by atoms with Gasteiger partial charge >= 0.3 is 0 Å². The monoisotopic (exact) mass is 288 g/mol. The minimum atomic E-state index is -0.158. The lowest BCUT2D eigenvalue weighted by Gasteiger charge is -2.03. The summed E-state index contributed by atoms with van der Waals surface area (Å²) >= 11 is 0. The molecule has 0 aliphatic heterocycles. The molecule has 0 atom stereocenters. The average Bonchev–Trinajstić information content (AvgIpc) is 2.98. The molecule has 1 N–H and O–H groups in total. The van der Waals surface area contributed by atoms with Gasteiger partial charge in [0.05, 0.1) is 6.33 Å². The number of hydrogen-bond acceptors (Lipinski definition) is 3. The lowest BCUT2D eigenvalue weighted by atomic mass is 10.1. The second-order valence-electron chi connectivity index (χ2n) is 4.91. The maximum Gasteiger partial charge on any atom is 0.275 e. The van der Waals surface area contributed by atoms with Crippen LogP contribution in [0.5, 0.6) is 0 Å². The van der Waals surface area contributed by atoms with Crippen LogP contribution in [0.4, 0.5) is 0 Å². The molecule has 1 aromatic carbocycles. The fourth-order valence-electron chi connectivity index (χ4n) is 2.60. The summed E-state index contributed by atoms with van der Waals surface area (Å²) in [6, 6.07) is 13.6. The van der Waals surface area contributed by atoms with E-state index in [2.05, 4.69) is 15.0 Å². The van der Waals surface area contributed by atoms with Gasteiger partial charge in [-0.1, -0.05) is 18.2 Å². The van der Waals surface area contributed by atoms with Crippen LogP contribution >= 0.6 is 0 Å². The van der Waals surface area contributed by atoms with Crippen LogP contribution < -0.4 is 5.56 Å². The summed E-state index contributed by atoms with van der Waals surface area (Å²) < 4.78 is 1.87. The van der Waals surface area contributed by atoms with Crippen molar-refractivity contribution in [3.63, 3.8) is 0 Å². The number of rotatable bonds is 2. The number of aromatic amines is 1. The van der Waals surface area contributed by atoms with Crippen molar-refractivity contribution < 1.29 is 0 Å². The van der Waals surface area contributed by atoms with Gasteiger partial charge in [0.25, 0.3) is 5.56 Å². The van der Waals surface area contributed by atoms with Gasteiger partial charge in [-0.15, -0.1) is 0 Å². The molecule has 0 bridgehead atoms. The van der Waals surface area contributed by atoms with Gasteiger partial charge in [-0.05, 0) is 29.8 Å². The number of nitrogens with one attached hydrogen (secondary N) is 1. The molecule has 0 aliphatic rings. The smallest absolute Gasteiger partial charge is 0.275 e. The first kappa shape index (κ1) is 12.5. The highest BCUT2D eigenvalue weighted by molar-refractivity contribution is 5.93. The van der Waals surface area contributed by atoms with Crippen molar-refractivity contribution in [2.45, 2.75) is 0 Å². The Morgan fingerprint density at radius 1 is 1.00 bits per heavy atom. The summed E-state index contributed by atoms with van der Waals surface area (Å²) in [4.78, 5) is 23.3. The molecule has 0 saturated carbocycles. The van der Waals surface area contributed by atoms with Crippen molar-refractivity contribution in [3.8, 4) is 16.8 Å². The Kier molecular flexibility index (Phi) is 2.83. The number of H-pyrrole nitrogens is 1. The third-order valence-electron chi connectivity index (χ3n) is 3.61. The molecule has 4 rings (SSSR count). The maximum absolute atomic E-state index is 12.3. The average molecular weight is 288 g/mol. The van der Waals surface area contributed by atoms with Crippen molar-refractivity contribution in [1.29, 1.82) is 0 Å². The normalized spacial score (nSPS) is 10.9. The Bertz CT molecular complexity index is 988. The first-order chi connectivity index (χ1) is 10.8. The van der Waals surface area contributed by atoms with Gasteiger partial charge in [-0.3, -0.25) is 9.78 Å². The van der Waals surface area contributed by atoms with Crippen LogP contribution in [0.1, 0.15) is 0 Å². The highest BCUT2D eigenvalue weighted by Gasteiger charge is 2.15. The van der Waals surface area contributed by atoms with Crippen LogP contribution in [-0.4, -0.2) is 19.5 Å². The number of hydrogen-bond donors (Lipinski definition) is 1. The quantitative estimate of drug-likeness (QED) is 0.617. The maximum atomic E-state index is 12.3. The second-order valence-corrected chi connectivity index (χ2v) is 4.91. The molecule has 0 aliphatic carbocycles. The highest BCUT2D eigenvalue weighted by atomic mass is 16.1. The molecule has 5 heteroatoms. The minimum Gasteiger partial charge on any atom is -0.311 e. The van der Waals surface area contributed by atoms with E-state index in [0.717, 1.165) is 16.8 Å². The van der Waals surface area contributed by atoms with Crippen molar-refractivity contribution in [2.24, 2.45) is 0 Å². The largest absolute Gasteiger partial charge is 0.311 e. The third kappa shape index (κ3) is 1.91. The molecule has 106 valence electrons. The third-order valence-corrected chi connectivity index (χ3v) is 3.61. The topological polar surface area (TPSA) is 63.6 Å². The van der Waals surface area contributed by atoms with Gasteiger partial charge in [-0.2, -0.15) is 0 Å². The van der Waals surface area contributed by atoms with Crippen molar-refractivity contribution in [2.75, 3.05) is 0 Å². The molecule has 5 nitrogen and oxygen atoms in total. The molecule has 0 spiro atoms. The number of pyridine rings is 1. The molecule has 3 aromatic heterocycles. The van der Waals surface area contributed by atoms with Gasteiger partial charge in [0.1, 0.15) is 11.0 Å². The second kappa shape index (κ2) is 4.96. The molecule has 0 radical (unpaired) electrons. The predicted molar refractivity (Wildman–Crippen MR) is 84.9 cm³/mol. The van der Waals surface area contributed by atoms with Crippen LogP contribution in [-0.2, 0) is 0 Å². The Morgan fingerprint density at radius 2 is 1.77 bits per heavy atom. The molecule has 0 unspecified atom stereocenters. The van der Waals surface area contributed by atoms with E-state index in [1.54, 1.807) is 12.4 Å². The molecule has 4 aromatic rings. The van der Waals surface area contributed by atoms with Crippen LogP contribution in [0.3, 0.4) is 0 Å². The summed E-state index contributed by atoms with van der Waals surface area (Å²) in [5, 5.41) is 0. The van der Waals surface area contributed by atoms with E-state index in [-0.39, 0.29) is 5.56 Å². The fourth-order valence-corrected chi connectivity index (χ4v) is 2.60. The predicted octanol–water partition coefficient (Wildman–Crippen LogP) is 2.78. The van der Waals surface area contributed by atoms with Crippen LogP contribution in [0.15, 0.2) is 72.2 Å². The van der Waals surface area contributed by atoms with Crippen molar-refractivity contribution >= 4 is 11.0 Å². The first-order valence-corrected chi connectivity index (χ1v) is 6.89. The highest BCUT2D eigenvalue weighted by Crippen LogP contribution is 2.28. The molecule has 0 amide bonds. The van der Waals surface area contributed by atoms with Gasteiger partial charge in [0, 0.05) is 29.8 Å². The summed E-state index contributed by atoms with van der Waals surface area (Å²) in [6.45, 7) is 0. The number of para-hydroxylation sites is 1. The zero-order valence-electron chi connectivity index (χ0n) is 11.6. The fraction of sp³-hybridized carbons (Fsp3) is 0. The Hall–Kier alpha value is -3.21. The van der Waals surface area contributed by atoms with E-state index in [0.29, 0.717) is 11.0 Å². The van der Waals surface area contributed by atoms with Crippen molar-refractivity contribution in [1.82, 2.24) is 19.5 Å². The van der Waals surface area contributed by atoms with E-state index >= 15 is 0 Å². The zero-order valence-corrected chi connectivity index (χ0v) is 11.6. The summed E-state index contributed by atoms with van der Waals surface area (Å²) in [7, 11) is 0. The zero-order chi connectivity index (χ0) is 14.9. The first-order valence-electron chi connectivity index (χ1n) is 6.89. The van der Waals surface area contributed by atoms with Crippen LogP contribution in [0.2, 0.25) is 0 Å². The molecular weight excluding hydrogens is 276 g/mol. The Labute approximate surface area is 125 Å². The van der Waals surface area contributed by atoms with E-state index in [1.807, 2.05) is 53.2 Å². The summed E-state index contributed by atoms with van der Waals surface area (Å²) in [6.07, 6.45) is 6.84. The van der Waals surface area contributed by atoms with Gasteiger partial charge in [-0.25, -0.2) is 4.98 Å². The number of benzene rings is 1. The van der Waals surface area contributed by atoms with Crippen LogP contribution in [0.25, 0.3) is 27.8 Å². The van der Waals surface area contributed by atoms with E-state index in [9.17, 15) is 4.79 Å². The van der Waals surface area contributed by atoms with Gasteiger partial charge < -0.3 is 9.55 Å².